The Morgan fingerprint density at radius 1 is 1.15 bits per heavy atom. The molecule has 108 valence electrons. The number of hydrogen-bond acceptors (Lipinski definition) is 2. The van der Waals surface area contributed by atoms with Crippen LogP contribution in [0.4, 0.5) is 0 Å². The van der Waals surface area contributed by atoms with Gasteiger partial charge in [-0.25, -0.2) is 3.93 Å². The molecule has 20 heavy (non-hydrogen) atoms. The number of methoxy groups -OCH3 is 1. The Morgan fingerprint density at radius 3 is 2.65 bits per heavy atom. The normalized spacial score (nSPS) is 23.6. The molecule has 1 unspecified atom stereocenters. The average molecular weight is 336 g/mol. The summed E-state index contributed by atoms with van der Waals surface area (Å²) in [6.45, 7) is 1.14. The first-order valence-electron chi connectivity index (χ1n) is 7.54. The Kier molecular flexibility index (Phi) is 4.47. The second-order valence-electron chi connectivity index (χ2n) is 5.78. The van der Waals surface area contributed by atoms with E-state index in [4.69, 9.17) is 4.74 Å². The summed E-state index contributed by atoms with van der Waals surface area (Å²) in [5, 5.41) is 0. The first-order chi connectivity index (χ1) is 9.78. The molecule has 0 N–H and O–H groups in total. The Labute approximate surface area is 130 Å². The molecule has 3 heteroatoms. The highest BCUT2D eigenvalue weighted by Crippen LogP contribution is 2.37. The van der Waals surface area contributed by atoms with Gasteiger partial charge in [0.15, 0.2) is 0 Å². The average Bonchev–Trinajstić information content (AvgIpc) is 2.51. The van der Waals surface area contributed by atoms with Crippen molar-refractivity contribution in [2.24, 2.45) is 0 Å². The lowest BCUT2D eigenvalue weighted by Crippen LogP contribution is -2.37. The van der Waals surface area contributed by atoms with Gasteiger partial charge in [0.05, 0.1) is 7.11 Å². The van der Waals surface area contributed by atoms with Crippen LogP contribution in [0.25, 0.3) is 0 Å². The molecule has 0 bridgehead atoms. The Hall–Kier alpha value is -0.800. The molecule has 0 radical (unpaired) electrons. The van der Waals surface area contributed by atoms with Crippen molar-refractivity contribution in [3.63, 3.8) is 0 Å². The third-order valence-electron chi connectivity index (χ3n) is 4.58. The molecule has 0 saturated carbocycles. The van der Waals surface area contributed by atoms with E-state index >= 15 is 0 Å². The second-order valence-corrected chi connectivity index (χ2v) is 6.69. The zero-order valence-electron chi connectivity index (χ0n) is 12.1. The van der Waals surface area contributed by atoms with E-state index < -0.39 is 0 Å². The van der Waals surface area contributed by atoms with E-state index in [0.717, 1.165) is 18.7 Å². The molecule has 0 amide bonds. The monoisotopic (exact) mass is 335 g/mol. The fourth-order valence-electron chi connectivity index (χ4n) is 3.45. The van der Waals surface area contributed by atoms with Gasteiger partial charge in [0.1, 0.15) is 5.75 Å². The van der Waals surface area contributed by atoms with Gasteiger partial charge < -0.3 is 4.74 Å². The maximum absolute atomic E-state index is 5.24. The Balaban J connectivity index is 1.79. The number of benzene rings is 1. The quantitative estimate of drug-likeness (QED) is 0.596. The van der Waals surface area contributed by atoms with E-state index in [1.807, 2.05) is 0 Å². The summed E-state index contributed by atoms with van der Waals surface area (Å²) in [6, 6.07) is 9.04. The van der Waals surface area contributed by atoms with Crippen molar-refractivity contribution in [1.82, 2.24) is 3.93 Å². The fourth-order valence-corrected chi connectivity index (χ4v) is 4.02. The van der Waals surface area contributed by atoms with Gasteiger partial charge in [-0.05, 0) is 56.2 Å². The lowest BCUT2D eigenvalue weighted by atomic mass is 9.81. The van der Waals surface area contributed by atoms with Crippen molar-refractivity contribution >= 4 is 16.1 Å². The highest BCUT2D eigenvalue weighted by Gasteiger charge is 2.29. The van der Waals surface area contributed by atoms with Gasteiger partial charge in [-0.15, -0.1) is 0 Å². The van der Waals surface area contributed by atoms with E-state index in [1.54, 1.807) is 18.3 Å². The molecule has 0 saturated heterocycles. The fraction of sp³-hybridized carbons (Fsp3) is 0.529. The minimum Gasteiger partial charge on any atom is -0.497 e. The van der Waals surface area contributed by atoms with Crippen molar-refractivity contribution in [2.45, 2.75) is 44.6 Å². The van der Waals surface area contributed by atoms with Crippen LogP contribution < -0.4 is 4.74 Å². The van der Waals surface area contributed by atoms with Gasteiger partial charge >= 0.3 is 0 Å². The number of ether oxygens (including phenoxy) is 1. The number of hydrogen-bond donors (Lipinski definition) is 0. The van der Waals surface area contributed by atoms with Gasteiger partial charge in [0.2, 0.25) is 0 Å². The van der Waals surface area contributed by atoms with Crippen LogP contribution in [0.15, 0.2) is 35.4 Å². The van der Waals surface area contributed by atoms with Gasteiger partial charge in [-0.3, -0.25) is 0 Å². The van der Waals surface area contributed by atoms with E-state index in [1.165, 1.54) is 37.7 Å². The molecule has 0 aromatic heterocycles. The predicted molar refractivity (Wildman–Crippen MR) is 86.2 cm³/mol. The molecule has 1 aliphatic carbocycles. The van der Waals surface area contributed by atoms with Crippen LogP contribution in [0.1, 0.15) is 37.7 Å². The lowest BCUT2D eigenvalue weighted by molar-refractivity contribution is 0.354. The smallest absolute Gasteiger partial charge is 0.118 e. The van der Waals surface area contributed by atoms with Gasteiger partial charge in [-0.1, -0.05) is 23.3 Å². The van der Waals surface area contributed by atoms with Crippen molar-refractivity contribution < 1.29 is 4.74 Å². The van der Waals surface area contributed by atoms with Crippen LogP contribution in [0.2, 0.25) is 0 Å². The van der Waals surface area contributed by atoms with Crippen molar-refractivity contribution in [2.75, 3.05) is 13.7 Å². The third kappa shape index (κ3) is 2.94. The largest absolute Gasteiger partial charge is 0.497 e. The molecule has 1 aromatic rings. The maximum Gasteiger partial charge on any atom is 0.118 e. The third-order valence-corrected chi connectivity index (χ3v) is 5.43. The molecule has 3 rings (SSSR count). The second kappa shape index (κ2) is 6.31. The van der Waals surface area contributed by atoms with Crippen LogP contribution in [0, 0.1) is 0 Å². The topological polar surface area (TPSA) is 12.5 Å². The summed E-state index contributed by atoms with van der Waals surface area (Å²) < 4.78 is 7.60. The molecule has 1 heterocycles. The van der Waals surface area contributed by atoms with E-state index in [2.05, 4.69) is 44.3 Å². The first-order valence-corrected chi connectivity index (χ1v) is 8.25. The van der Waals surface area contributed by atoms with Crippen LogP contribution >= 0.6 is 16.1 Å². The van der Waals surface area contributed by atoms with Crippen molar-refractivity contribution in [3.05, 3.63) is 41.0 Å². The van der Waals surface area contributed by atoms with Crippen molar-refractivity contribution in [1.29, 1.82) is 0 Å². The summed E-state index contributed by atoms with van der Waals surface area (Å²) >= 11 is 3.78. The summed E-state index contributed by atoms with van der Waals surface area (Å²) in [4.78, 5) is 0. The standard InChI is InChI=1S/C17H22BrNO/c1-20-15-8-6-13(7-9-15)12-17-16-5-3-2-4-14(16)10-11-19(17)18/h6-9,17H,2-5,10-12H2,1H3. The highest BCUT2D eigenvalue weighted by molar-refractivity contribution is 9.07. The first kappa shape index (κ1) is 14.2. The van der Waals surface area contributed by atoms with Gasteiger partial charge in [0.25, 0.3) is 0 Å². The maximum atomic E-state index is 5.24. The summed E-state index contributed by atoms with van der Waals surface area (Å²) in [5.74, 6) is 0.936. The van der Waals surface area contributed by atoms with Gasteiger partial charge in [0, 0.05) is 28.7 Å². The predicted octanol–water partition coefficient (Wildman–Crippen LogP) is 4.49. The van der Waals surface area contributed by atoms with E-state index in [9.17, 15) is 0 Å². The zero-order chi connectivity index (χ0) is 13.9. The molecule has 2 aliphatic rings. The summed E-state index contributed by atoms with van der Waals surface area (Å²) in [7, 11) is 1.72. The van der Waals surface area contributed by atoms with Gasteiger partial charge in [-0.2, -0.15) is 0 Å². The number of rotatable bonds is 3. The minimum atomic E-state index is 0.535. The van der Waals surface area contributed by atoms with E-state index in [-0.39, 0.29) is 0 Å². The number of nitrogens with zero attached hydrogens (tertiary/aromatic N) is 1. The van der Waals surface area contributed by atoms with Crippen LogP contribution in [-0.4, -0.2) is 23.6 Å². The zero-order valence-corrected chi connectivity index (χ0v) is 13.7. The lowest BCUT2D eigenvalue weighted by Gasteiger charge is -2.37. The Morgan fingerprint density at radius 2 is 1.90 bits per heavy atom. The van der Waals surface area contributed by atoms with Crippen LogP contribution in [0.5, 0.6) is 5.75 Å². The molecule has 1 atom stereocenters. The highest BCUT2D eigenvalue weighted by atomic mass is 79.9. The molecule has 1 aliphatic heterocycles. The summed E-state index contributed by atoms with van der Waals surface area (Å²) in [5.41, 5.74) is 4.83. The molecular weight excluding hydrogens is 314 g/mol. The van der Waals surface area contributed by atoms with Crippen LogP contribution in [0.3, 0.4) is 0 Å². The van der Waals surface area contributed by atoms with Crippen molar-refractivity contribution in [3.8, 4) is 5.75 Å². The molecule has 2 nitrogen and oxygen atoms in total. The summed E-state index contributed by atoms with van der Waals surface area (Å²) in [6.07, 6.45) is 7.70. The van der Waals surface area contributed by atoms with E-state index in [0.29, 0.717) is 6.04 Å². The van der Waals surface area contributed by atoms with Crippen LogP contribution in [-0.2, 0) is 6.42 Å². The Bertz CT molecular complexity index is 494. The molecule has 1 aromatic carbocycles. The molecule has 0 fully saturated rings. The number of halogens is 1. The molecular formula is C17H22BrNO. The SMILES string of the molecule is COc1ccc(CC2C3=C(CCCC3)CCN2Br)cc1. The minimum absolute atomic E-state index is 0.535. The molecule has 0 spiro atoms.